The van der Waals surface area contributed by atoms with E-state index in [0.717, 1.165) is 37.7 Å². The average molecular weight is 353 g/mol. The van der Waals surface area contributed by atoms with E-state index < -0.39 is 0 Å². The van der Waals surface area contributed by atoms with Crippen LogP contribution in [0.3, 0.4) is 0 Å². The number of pyridine rings is 1. The van der Waals surface area contributed by atoms with Crippen molar-refractivity contribution in [2.45, 2.75) is 32.7 Å². The minimum Gasteiger partial charge on any atom is -0.370 e. The topological polar surface area (TPSA) is 83.5 Å². The molecular weight excluding hydrogens is 326 g/mol. The van der Waals surface area contributed by atoms with Gasteiger partial charge in [-0.1, -0.05) is 20.8 Å². The smallest absolute Gasteiger partial charge is 0.225 e. The van der Waals surface area contributed by atoms with Crippen LogP contribution in [0.1, 0.15) is 31.9 Å². The fourth-order valence-corrected chi connectivity index (χ4v) is 3.14. The summed E-state index contributed by atoms with van der Waals surface area (Å²) in [6.07, 6.45) is 7.26. The summed E-state index contributed by atoms with van der Waals surface area (Å²) in [5.41, 5.74) is 8.69. The predicted molar refractivity (Wildman–Crippen MR) is 104 cm³/mol. The summed E-state index contributed by atoms with van der Waals surface area (Å²) in [6.45, 7) is 10.4. The van der Waals surface area contributed by atoms with Crippen molar-refractivity contribution in [3.63, 3.8) is 0 Å². The molecule has 0 aromatic carbocycles. The van der Waals surface area contributed by atoms with E-state index in [2.05, 4.69) is 56.6 Å². The molecule has 0 unspecified atom stereocenters. The zero-order valence-corrected chi connectivity index (χ0v) is 15.8. The maximum absolute atomic E-state index is 6.25. The quantitative estimate of drug-likeness (QED) is 0.669. The minimum absolute atomic E-state index is 0.0594. The summed E-state index contributed by atoms with van der Waals surface area (Å²) in [4.78, 5) is 21.8. The Kier molecular flexibility index (Phi) is 5.35. The number of aliphatic imine (C=N–C) groups is 1. The normalized spacial score (nSPS) is 16.0. The van der Waals surface area contributed by atoms with Gasteiger partial charge in [-0.2, -0.15) is 0 Å². The number of piperazine rings is 1. The highest BCUT2D eigenvalue weighted by Crippen LogP contribution is 2.25. The Hall–Kier alpha value is -2.70. The maximum atomic E-state index is 6.25. The zero-order chi connectivity index (χ0) is 18.6. The summed E-state index contributed by atoms with van der Waals surface area (Å²) in [5, 5.41) is 0. The number of anilines is 1. The lowest BCUT2D eigenvalue weighted by molar-refractivity contribution is 0.378. The molecule has 1 fully saturated rings. The molecule has 0 saturated carbocycles. The second kappa shape index (κ2) is 7.68. The number of nitrogens with two attached hydrogens (primary N) is 1. The summed E-state index contributed by atoms with van der Waals surface area (Å²) in [5.74, 6) is 1.36. The molecule has 138 valence electrons. The molecule has 0 radical (unpaired) electrons. The molecule has 1 aliphatic heterocycles. The van der Waals surface area contributed by atoms with Gasteiger partial charge in [0, 0.05) is 51.0 Å². The lowest BCUT2D eigenvalue weighted by Gasteiger charge is -2.35. The molecule has 0 amide bonds. The number of guanidine groups is 1. The van der Waals surface area contributed by atoms with Gasteiger partial charge in [-0.3, -0.25) is 4.98 Å². The Balaban J connectivity index is 1.62. The van der Waals surface area contributed by atoms with Gasteiger partial charge in [-0.15, -0.1) is 0 Å². The molecular formula is C19H27N7. The van der Waals surface area contributed by atoms with Crippen LogP contribution in [0.5, 0.6) is 0 Å². The molecule has 0 atom stereocenters. The van der Waals surface area contributed by atoms with E-state index in [4.69, 9.17) is 5.73 Å². The van der Waals surface area contributed by atoms with Crippen molar-refractivity contribution < 1.29 is 0 Å². The summed E-state index contributed by atoms with van der Waals surface area (Å²) in [6, 6.07) is 3.90. The van der Waals surface area contributed by atoms with Crippen molar-refractivity contribution in [1.29, 1.82) is 0 Å². The zero-order valence-electron chi connectivity index (χ0n) is 15.8. The van der Waals surface area contributed by atoms with Crippen molar-refractivity contribution in [2.75, 3.05) is 31.1 Å². The number of aromatic nitrogens is 3. The minimum atomic E-state index is 0.0594. The molecule has 1 aliphatic rings. The highest BCUT2D eigenvalue weighted by molar-refractivity contribution is 5.78. The molecule has 26 heavy (non-hydrogen) atoms. The van der Waals surface area contributed by atoms with Gasteiger partial charge < -0.3 is 15.5 Å². The van der Waals surface area contributed by atoms with Gasteiger partial charge in [-0.25, -0.2) is 15.0 Å². The third kappa shape index (κ3) is 4.28. The number of rotatable bonds is 3. The predicted octanol–water partition coefficient (Wildman–Crippen LogP) is 1.81. The molecule has 3 rings (SSSR count). The van der Waals surface area contributed by atoms with Crippen LogP contribution in [-0.2, 0) is 12.0 Å². The Morgan fingerprint density at radius 3 is 2.46 bits per heavy atom. The van der Waals surface area contributed by atoms with Gasteiger partial charge >= 0.3 is 0 Å². The summed E-state index contributed by atoms with van der Waals surface area (Å²) < 4.78 is 0. The van der Waals surface area contributed by atoms with E-state index >= 15 is 0 Å². The van der Waals surface area contributed by atoms with E-state index in [1.54, 1.807) is 12.4 Å². The Bertz CT molecular complexity index is 744. The fourth-order valence-electron chi connectivity index (χ4n) is 3.14. The standard InChI is InChI=1S/C19H27N7/c1-19(2,3)16-5-8-21-13-15(16)14-24-17(20)25-9-11-26(12-10-25)18-22-6-4-7-23-18/h4-8,13H,9-12,14H2,1-3H3,(H2,20,24). The molecule has 3 heterocycles. The van der Waals surface area contributed by atoms with Crippen molar-refractivity contribution >= 4 is 11.9 Å². The van der Waals surface area contributed by atoms with Gasteiger partial charge in [-0.05, 0) is 28.7 Å². The summed E-state index contributed by atoms with van der Waals surface area (Å²) >= 11 is 0. The largest absolute Gasteiger partial charge is 0.370 e. The fraction of sp³-hybridized carbons (Fsp3) is 0.474. The molecule has 1 saturated heterocycles. The van der Waals surface area contributed by atoms with Gasteiger partial charge in [0.15, 0.2) is 5.96 Å². The first-order valence-electron chi connectivity index (χ1n) is 8.95. The first-order chi connectivity index (χ1) is 12.4. The number of hydrogen-bond acceptors (Lipinski definition) is 5. The number of nitrogens with zero attached hydrogens (tertiary/aromatic N) is 6. The lowest BCUT2D eigenvalue weighted by atomic mass is 9.85. The van der Waals surface area contributed by atoms with E-state index in [9.17, 15) is 0 Å². The van der Waals surface area contributed by atoms with Crippen LogP contribution in [0.15, 0.2) is 41.9 Å². The molecule has 7 heteroatoms. The van der Waals surface area contributed by atoms with Crippen LogP contribution >= 0.6 is 0 Å². The first-order valence-corrected chi connectivity index (χ1v) is 8.95. The maximum Gasteiger partial charge on any atom is 0.225 e. The van der Waals surface area contributed by atoms with E-state index in [-0.39, 0.29) is 5.41 Å². The van der Waals surface area contributed by atoms with Crippen LogP contribution in [0.25, 0.3) is 0 Å². The second-order valence-corrected chi connectivity index (χ2v) is 7.48. The molecule has 0 aliphatic carbocycles. The molecule has 0 spiro atoms. The molecule has 2 aromatic heterocycles. The van der Waals surface area contributed by atoms with Crippen LogP contribution in [0, 0.1) is 0 Å². The highest BCUT2D eigenvalue weighted by Gasteiger charge is 2.21. The van der Waals surface area contributed by atoms with Crippen LogP contribution in [0.4, 0.5) is 5.95 Å². The SMILES string of the molecule is CC(C)(C)c1ccncc1CN=C(N)N1CCN(c2ncccn2)CC1. The van der Waals surface area contributed by atoms with Crippen molar-refractivity contribution in [3.8, 4) is 0 Å². The van der Waals surface area contributed by atoms with Gasteiger partial charge in [0.2, 0.25) is 5.95 Å². The van der Waals surface area contributed by atoms with E-state index in [0.29, 0.717) is 12.5 Å². The average Bonchev–Trinajstić information content (AvgIpc) is 2.66. The second-order valence-electron chi connectivity index (χ2n) is 7.48. The monoisotopic (exact) mass is 353 g/mol. The van der Waals surface area contributed by atoms with Crippen LogP contribution < -0.4 is 10.6 Å². The molecule has 7 nitrogen and oxygen atoms in total. The Labute approximate surface area is 155 Å². The van der Waals surface area contributed by atoms with Gasteiger partial charge in [0.25, 0.3) is 0 Å². The molecule has 0 bridgehead atoms. The van der Waals surface area contributed by atoms with Gasteiger partial charge in [0.1, 0.15) is 0 Å². The van der Waals surface area contributed by atoms with Crippen molar-refractivity contribution in [2.24, 2.45) is 10.7 Å². The summed E-state index contributed by atoms with van der Waals surface area (Å²) in [7, 11) is 0. The van der Waals surface area contributed by atoms with Crippen LogP contribution in [-0.4, -0.2) is 52.0 Å². The van der Waals surface area contributed by atoms with E-state index in [1.165, 1.54) is 5.56 Å². The van der Waals surface area contributed by atoms with Gasteiger partial charge in [0.05, 0.1) is 6.54 Å². The Morgan fingerprint density at radius 1 is 1.12 bits per heavy atom. The third-order valence-corrected chi connectivity index (χ3v) is 4.56. The first kappa shape index (κ1) is 18.1. The van der Waals surface area contributed by atoms with Crippen LogP contribution in [0.2, 0.25) is 0 Å². The lowest BCUT2D eigenvalue weighted by Crippen LogP contribution is -2.51. The molecule has 2 aromatic rings. The van der Waals surface area contributed by atoms with Crippen molar-refractivity contribution in [3.05, 3.63) is 48.0 Å². The highest BCUT2D eigenvalue weighted by atomic mass is 15.3. The Morgan fingerprint density at radius 2 is 1.81 bits per heavy atom. The van der Waals surface area contributed by atoms with Crippen molar-refractivity contribution in [1.82, 2.24) is 19.9 Å². The third-order valence-electron chi connectivity index (χ3n) is 4.56. The molecule has 2 N–H and O–H groups in total. The van der Waals surface area contributed by atoms with E-state index in [1.807, 2.05) is 18.5 Å². The number of hydrogen-bond donors (Lipinski definition) is 1.